The molecule has 0 spiro atoms. The van der Waals surface area contributed by atoms with Gasteiger partial charge in [0.05, 0.1) is 0 Å². The van der Waals surface area contributed by atoms with Crippen LogP contribution in [-0.4, -0.2) is 159 Å². The first-order chi connectivity index (χ1) is 25.6. The van der Waals surface area contributed by atoms with Gasteiger partial charge in [-0.25, -0.2) is 0 Å². The van der Waals surface area contributed by atoms with Crippen LogP contribution in [0.25, 0.3) is 12.2 Å². The van der Waals surface area contributed by atoms with Crippen molar-refractivity contribution in [3.05, 3.63) is 118 Å². The molecule has 0 amide bonds. The number of aromatic nitrogens is 6. The van der Waals surface area contributed by atoms with Gasteiger partial charge >= 0.3 is 0 Å². The SMILES string of the molecule is Cc1ccccc1Nc1nc(Cl)nc(Nc2ccc(C=Cc3ccc(Nc4nc(Cl)nc(Nc5ccccc5C)n4)cc3S(=O)(=O)O)c(S(=O)(=O)O)c2)n1.[K].[K]. The summed E-state index contributed by atoms with van der Waals surface area (Å²) in [6.07, 6.45) is 2.51. The zero-order valence-corrected chi connectivity index (χ0v) is 39.4. The maximum Gasteiger partial charge on any atom is 0.295 e. The summed E-state index contributed by atoms with van der Waals surface area (Å²) in [5.41, 5.74) is 3.59. The Morgan fingerprint density at radius 1 is 0.518 bits per heavy atom. The summed E-state index contributed by atoms with van der Waals surface area (Å²) in [4.78, 5) is 23.7. The quantitative estimate of drug-likeness (QED) is 0.0419. The largest absolute Gasteiger partial charge is 0.324 e. The molecule has 0 saturated heterocycles. The molecule has 4 aromatic carbocycles. The molecule has 6 N–H and O–H groups in total. The maximum absolute atomic E-state index is 12.5. The molecule has 0 saturated carbocycles. The molecule has 278 valence electrons. The standard InChI is InChI=1S/C34H28Cl2N10O6S2.2K/c1-19-7-3-5-9-25(19)39-33-43-29(35)41-31(45-33)37-23-15-13-21(27(17-23)53(47,48)49)11-12-22-14-16-24(18-28(22)54(50,51)52)38-32-42-30(36)44-34(46-32)40-26-10-6-4-8-20(26)2;;/h3-18H,1-2H3,(H,47,48,49)(H,50,51,52)(H2,37,39,41,43,45)(H2,38,40,42,44,46);;. The van der Waals surface area contributed by atoms with Gasteiger partial charge in [0.1, 0.15) is 9.79 Å². The summed E-state index contributed by atoms with van der Waals surface area (Å²) < 4.78 is 70.1. The Morgan fingerprint density at radius 3 is 1.20 bits per heavy atom. The van der Waals surface area contributed by atoms with E-state index in [4.69, 9.17) is 23.2 Å². The number of hydrogen-bond acceptors (Lipinski definition) is 14. The molecule has 6 aromatic rings. The molecule has 0 bridgehead atoms. The van der Waals surface area contributed by atoms with Crippen LogP contribution in [-0.2, 0) is 20.2 Å². The van der Waals surface area contributed by atoms with Crippen molar-refractivity contribution in [1.29, 1.82) is 0 Å². The second kappa shape index (κ2) is 20.0. The monoisotopic (exact) mass is 884 g/mol. The first kappa shape index (κ1) is 46.2. The average Bonchev–Trinajstić information content (AvgIpc) is 3.09. The van der Waals surface area contributed by atoms with E-state index in [9.17, 15) is 25.9 Å². The van der Waals surface area contributed by atoms with E-state index in [1.54, 1.807) is 0 Å². The summed E-state index contributed by atoms with van der Waals surface area (Å²) in [6.45, 7) is 3.79. The van der Waals surface area contributed by atoms with Crippen LogP contribution >= 0.6 is 23.2 Å². The smallest absolute Gasteiger partial charge is 0.295 e. The fraction of sp³-hybridized carbons (Fsp3) is 0.0588. The molecule has 2 radical (unpaired) electrons. The van der Waals surface area contributed by atoms with Crippen molar-refractivity contribution in [2.75, 3.05) is 21.3 Å². The second-order valence-corrected chi connectivity index (χ2v) is 14.9. The third kappa shape index (κ3) is 12.5. The Balaban J connectivity index is 0.00000348. The maximum atomic E-state index is 12.5. The van der Waals surface area contributed by atoms with Crippen LogP contribution in [0.1, 0.15) is 22.3 Å². The van der Waals surface area contributed by atoms with Gasteiger partial charge < -0.3 is 21.3 Å². The summed E-state index contributed by atoms with van der Waals surface area (Å²) >= 11 is 12.2. The first-order valence-electron chi connectivity index (χ1n) is 15.5. The topological polar surface area (TPSA) is 234 Å². The van der Waals surface area contributed by atoms with E-state index in [0.717, 1.165) is 34.6 Å². The van der Waals surface area contributed by atoms with E-state index in [1.165, 1.54) is 36.4 Å². The molecule has 22 heteroatoms. The van der Waals surface area contributed by atoms with E-state index >= 15 is 0 Å². The molecule has 0 aliphatic rings. The molecule has 0 fully saturated rings. The van der Waals surface area contributed by atoms with Crippen LogP contribution in [0.5, 0.6) is 0 Å². The zero-order valence-electron chi connectivity index (χ0n) is 30.0. The second-order valence-electron chi connectivity index (χ2n) is 11.4. The van der Waals surface area contributed by atoms with Gasteiger partial charge in [-0.1, -0.05) is 60.7 Å². The Labute approximate surface area is 417 Å². The van der Waals surface area contributed by atoms with E-state index in [0.29, 0.717) is 0 Å². The molecule has 0 aliphatic carbocycles. The van der Waals surface area contributed by atoms with Gasteiger partial charge in [-0.15, -0.1) is 0 Å². The summed E-state index contributed by atoms with van der Waals surface area (Å²) in [5.74, 6) is 0.184. The van der Waals surface area contributed by atoms with Crippen LogP contribution in [0.2, 0.25) is 10.6 Å². The number of nitrogens with zero attached hydrogens (tertiary/aromatic N) is 6. The first-order valence-corrected chi connectivity index (χ1v) is 19.2. The van der Waals surface area contributed by atoms with Gasteiger partial charge in [0.2, 0.25) is 34.4 Å². The third-order valence-corrected chi connectivity index (χ3v) is 9.69. The summed E-state index contributed by atoms with van der Waals surface area (Å²) in [6, 6.07) is 22.7. The van der Waals surface area contributed by atoms with Crippen LogP contribution in [0.3, 0.4) is 0 Å². The summed E-state index contributed by atoms with van der Waals surface area (Å²) in [7, 11) is -9.64. The Bertz CT molecular complexity index is 2480. The Hall–Kier alpha value is -2.49. The van der Waals surface area contributed by atoms with E-state index in [2.05, 4.69) is 51.2 Å². The fourth-order valence-electron chi connectivity index (χ4n) is 4.98. The van der Waals surface area contributed by atoms with Gasteiger partial charge in [-0.2, -0.15) is 46.7 Å². The predicted molar refractivity (Wildman–Crippen MR) is 218 cm³/mol. The van der Waals surface area contributed by atoms with Gasteiger partial charge in [0.25, 0.3) is 20.2 Å². The molecular formula is C34H28Cl2K2N10O6S2. The molecular weight excluding hydrogens is 858 g/mol. The van der Waals surface area contributed by atoms with Crippen molar-refractivity contribution in [2.45, 2.75) is 23.6 Å². The van der Waals surface area contributed by atoms with E-state index < -0.39 is 30.0 Å². The molecule has 16 nitrogen and oxygen atoms in total. The number of halogens is 2. The van der Waals surface area contributed by atoms with Crippen molar-refractivity contribution in [1.82, 2.24) is 29.9 Å². The van der Waals surface area contributed by atoms with Crippen molar-refractivity contribution in [3.8, 4) is 0 Å². The van der Waals surface area contributed by atoms with Gasteiger partial charge in [-0.3, -0.25) is 9.11 Å². The Morgan fingerprint density at radius 2 is 0.857 bits per heavy atom. The average molecular weight is 886 g/mol. The zero-order chi connectivity index (χ0) is 38.6. The van der Waals surface area contributed by atoms with Crippen LogP contribution in [0, 0.1) is 13.8 Å². The van der Waals surface area contributed by atoms with E-state index in [-0.39, 0.29) is 160 Å². The molecule has 6 rings (SSSR count). The molecule has 0 unspecified atom stereocenters. The van der Waals surface area contributed by atoms with Crippen molar-refractivity contribution >= 4 is 205 Å². The van der Waals surface area contributed by atoms with Gasteiger partial charge in [0.15, 0.2) is 0 Å². The van der Waals surface area contributed by atoms with Crippen LogP contribution < -0.4 is 21.3 Å². The van der Waals surface area contributed by atoms with Crippen LogP contribution in [0.4, 0.5) is 46.5 Å². The Kier molecular flexibility index (Phi) is 16.5. The minimum atomic E-state index is -4.82. The predicted octanol–water partition coefficient (Wildman–Crippen LogP) is 6.86. The molecule has 0 aliphatic heterocycles. The number of anilines is 8. The number of nitrogens with one attached hydrogen (secondary N) is 4. The number of para-hydroxylation sites is 2. The normalized spacial score (nSPS) is 11.3. The third-order valence-electron chi connectivity index (χ3n) is 7.54. The number of aryl methyl sites for hydroxylation is 2. The molecule has 2 aromatic heterocycles. The number of hydrogen-bond donors (Lipinski definition) is 6. The number of benzene rings is 4. The minimum Gasteiger partial charge on any atom is -0.324 e. The minimum absolute atomic E-state index is 0. The van der Waals surface area contributed by atoms with Crippen molar-refractivity contribution in [2.24, 2.45) is 0 Å². The van der Waals surface area contributed by atoms with Crippen molar-refractivity contribution in [3.63, 3.8) is 0 Å². The summed E-state index contributed by atoms with van der Waals surface area (Å²) in [5, 5.41) is 11.5. The van der Waals surface area contributed by atoms with Gasteiger partial charge in [0, 0.05) is 126 Å². The molecule has 56 heavy (non-hydrogen) atoms. The van der Waals surface area contributed by atoms with E-state index in [1.807, 2.05) is 62.4 Å². The van der Waals surface area contributed by atoms with Crippen LogP contribution in [0.15, 0.2) is 94.7 Å². The fourth-order valence-corrected chi connectivity index (χ4v) is 6.72. The van der Waals surface area contributed by atoms with Gasteiger partial charge in [-0.05, 0) is 95.7 Å². The number of rotatable bonds is 12. The molecule has 0 atom stereocenters. The van der Waals surface area contributed by atoms with Crippen molar-refractivity contribution < 1.29 is 25.9 Å². The molecule has 2 heterocycles.